The number of benzene rings is 1. The summed E-state index contributed by atoms with van der Waals surface area (Å²) in [7, 11) is 0. The number of urea groups is 1. The van der Waals surface area contributed by atoms with E-state index in [9.17, 15) is 4.79 Å². The third-order valence-corrected chi connectivity index (χ3v) is 4.42. The Morgan fingerprint density at radius 1 is 1.44 bits per heavy atom. The summed E-state index contributed by atoms with van der Waals surface area (Å²) in [4.78, 5) is 12.3. The Morgan fingerprint density at radius 2 is 2.28 bits per heavy atom. The van der Waals surface area contributed by atoms with E-state index < -0.39 is 0 Å². The number of furan rings is 1. The standard InChI is InChI=1S/C19H26N2O4/c1-4-23-16-7-5-6-14-11-17(25-18(14)16)13(3)20-19(22)21-15-8-9-24-12(2)10-15/h5-7,11-13,15H,4,8-10H2,1-3H3,(H2,20,21,22). The summed E-state index contributed by atoms with van der Waals surface area (Å²) in [5.41, 5.74) is 0.715. The molecular weight excluding hydrogens is 320 g/mol. The van der Waals surface area contributed by atoms with E-state index in [1.165, 1.54) is 0 Å². The molecule has 1 aliphatic heterocycles. The summed E-state index contributed by atoms with van der Waals surface area (Å²) in [6.45, 7) is 7.14. The Morgan fingerprint density at radius 3 is 3.04 bits per heavy atom. The molecule has 0 aliphatic carbocycles. The van der Waals surface area contributed by atoms with Crippen LogP contribution < -0.4 is 15.4 Å². The van der Waals surface area contributed by atoms with Crippen LogP contribution in [0.1, 0.15) is 45.4 Å². The van der Waals surface area contributed by atoms with Crippen molar-refractivity contribution in [3.63, 3.8) is 0 Å². The molecule has 3 unspecified atom stereocenters. The SMILES string of the molecule is CCOc1cccc2cc(C(C)NC(=O)NC3CCOC(C)C3)oc12. The molecule has 0 bridgehead atoms. The van der Waals surface area contributed by atoms with E-state index in [1.54, 1.807) is 0 Å². The van der Waals surface area contributed by atoms with Crippen molar-refractivity contribution in [1.82, 2.24) is 10.6 Å². The zero-order valence-electron chi connectivity index (χ0n) is 15.0. The number of carbonyl (C=O) groups is 1. The minimum atomic E-state index is -0.237. The van der Waals surface area contributed by atoms with E-state index in [1.807, 2.05) is 45.0 Å². The predicted octanol–water partition coefficient (Wildman–Crippen LogP) is 3.76. The van der Waals surface area contributed by atoms with E-state index in [0.717, 1.165) is 24.0 Å². The largest absolute Gasteiger partial charge is 0.490 e. The van der Waals surface area contributed by atoms with Crippen molar-refractivity contribution in [3.05, 3.63) is 30.0 Å². The first-order valence-electron chi connectivity index (χ1n) is 8.90. The van der Waals surface area contributed by atoms with Crippen LogP contribution in [0.4, 0.5) is 4.79 Å². The minimum Gasteiger partial charge on any atom is -0.490 e. The van der Waals surface area contributed by atoms with E-state index in [-0.39, 0.29) is 24.2 Å². The first kappa shape index (κ1) is 17.6. The number of amides is 2. The molecule has 2 N–H and O–H groups in total. The molecule has 0 saturated carbocycles. The van der Waals surface area contributed by atoms with Gasteiger partial charge < -0.3 is 24.5 Å². The van der Waals surface area contributed by atoms with Crippen LogP contribution in [0.5, 0.6) is 5.75 Å². The number of para-hydroxylation sites is 1. The van der Waals surface area contributed by atoms with Gasteiger partial charge in [0, 0.05) is 18.0 Å². The molecule has 1 fully saturated rings. The molecule has 6 heteroatoms. The highest BCUT2D eigenvalue weighted by Crippen LogP contribution is 2.31. The van der Waals surface area contributed by atoms with E-state index in [2.05, 4.69) is 10.6 Å². The van der Waals surface area contributed by atoms with Crippen LogP contribution in [0.3, 0.4) is 0 Å². The summed E-state index contributed by atoms with van der Waals surface area (Å²) in [6, 6.07) is 7.47. The fraction of sp³-hybridized carbons (Fsp3) is 0.526. The number of fused-ring (bicyclic) bond motifs is 1. The number of ether oxygens (including phenoxy) is 2. The van der Waals surface area contributed by atoms with Gasteiger partial charge >= 0.3 is 6.03 Å². The maximum atomic E-state index is 12.3. The molecular formula is C19H26N2O4. The number of carbonyl (C=O) groups excluding carboxylic acids is 1. The maximum Gasteiger partial charge on any atom is 0.315 e. The lowest BCUT2D eigenvalue weighted by molar-refractivity contribution is 0.0153. The summed E-state index contributed by atoms with van der Waals surface area (Å²) >= 11 is 0. The topological polar surface area (TPSA) is 72.7 Å². The van der Waals surface area contributed by atoms with E-state index in [4.69, 9.17) is 13.9 Å². The molecule has 3 atom stereocenters. The van der Waals surface area contributed by atoms with Crippen LogP contribution in [0.25, 0.3) is 11.0 Å². The number of nitrogens with one attached hydrogen (secondary N) is 2. The first-order chi connectivity index (χ1) is 12.1. The van der Waals surface area contributed by atoms with Gasteiger partial charge in [-0.15, -0.1) is 0 Å². The highest BCUT2D eigenvalue weighted by atomic mass is 16.5. The fourth-order valence-corrected chi connectivity index (χ4v) is 3.16. The molecule has 0 spiro atoms. The highest BCUT2D eigenvalue weighted by molar-refractivity contribution is 5.84. The van der Waals surface area contributed by atoms with Gasteiger partial charge in [-0.1, -0.05) is 12.1 Å². The Kier molecular flexibility index (Phi) is 5.48. The number of hydrogen-bond donors (Lipinski definition) is 2. The molecule has 1 aliphatic rings. The number of hydrogen-bond acceptors (Lipinski definition) is 4. The second-order valence-electron chi connectivity index (χ2n) is 6.50. The third kappa shape index (κ3) is 4.25. The fourth-order valence-electron chi connectivity index (χ4n) is 3.16. The minimum absolute atomic E-state index is 0.149. The van der Waals surface area contributed by atoms with E-state index in [0.29, 0.717) is 24.6 Å². The predicted molar refractivity (Wildman–Crippen MR) is 95.9 cm³/mol. The van der Waals surface area contributed by atoms with Crippen LogP contribution in [0, 0.1) is 0 Å². The lowest BCUT2D eigenvalue weighted by Crippen LogP contribution is -2.46. The molecule has 2 aromatic rings. The molecule has 1 aromatic heterocycles. The average molecular weight is 346 g/mol. The van der Waals surface area contributed by atoms with E-state index >= 15 is 0 Å². The van der Waals surface area contributed by atoms with Crippen molar-refractivity contribution < 1.29 is 18.7 Å². The molecule has 2 amide bonds. The lowest BCUT2D eigenvalue weighted by Gasteiger charge is -2.28. The molecule has 25 heavy (non-hydrogen) atoms. The van der Waals surface area contributed by atoms with Crippen molar-refractivity contribution in [2.75, 3.05) is 13.2 Å². The smallest absolute Gasteiger partial charge is 0.315 e. The van der Waals surface area contributed by atoms with Crippen molar-refractivity contribution in [3.8, 4) is 5.75 Å². The summed E-state index contributed by atoms with van der Waals surface area (Å²) < 4.78 is 17.0. The Hall–Kier alpha value is -2.21. The van der Waals surface area contributed by atoms with Crippen LogP contribution in [-0.2, 0) is 4.74 Å². The van der Waals surface area contributed by atoms with Gasteiger partial charge in [-0.3, -0.25) is 0 Å². The Labute approximate surface area is 147 Å². The first-order valence-corrected chi connectivity index (χ1v) is 8.90. The summed E-state index contributed by atoms with van der Waals surface area (Å²) in [5.74, 6) is 1.43. The van der Waals surface area contributed by atoms with Gasteiger partial charge in [-0.05, 0) is 45.7 Å². The van der Waals surface area contributed by atoms with Gasteiger partial charge in [0.15, 0.2) is 11.3 Å². The van der Waals surface area contributed by atoms with Crippen molar-refractivity contribution in [2.45, 2.75) is 51.8 Å². The van der Waals surface area contributed by atoms with Gasteiger partial charge in [0.05, 0.1) is 18.8 Å². The van der Waals surface area contributed by atoms with Gasteiger partial charge in [-0.25, -0.2) is 4.79 Å². The van der Waals surface area contributed by atoms with Gasteiger partial charge in [0.1, 0.15) is 5.76 Å². The molecule has 136 valence electrons. The molecule has 1 saturated heterocycles. The van der Waals surface area contributed by atoms with Crippen LogP contribution in [0.15, 0.2) is 28.7 Å². The van der Waals surface area contributed by atoms with Gasteiger partial charge in [0.25, 0.3) is 0 Å². The molecule has 2 heterocycles. The zero-order chi connectivity index (χ0) is 17.8. The Bertz CT molecular complexity index is 727. The summed E-state index contributed by atoms with van der Waals surface area (Å²) in [5, 5.41) is 6.93. The molecule has 6 nitrogen and oxygen atoms in total. The van der Waals surface area contributed by atoms with Crippen molar-refractivity contribution in [2.24, 2.45) is 0 Å². The van der Waals surface area contributed by atoms with Crippen LogP contribution >= 0.6 is 0 Å². The maximum absolute atomic E-state index is 12.3. The zero-order valence-corrected chi connectivity index (χ0v) is 15.0. The number of rotatable bonds is 5. The third-order valence-electron chi connectivity index (χ3n) is 4.42. The second kappa shape index (κ2) is 7.78. The van der Waals surface area contributed by atoms with Crippen molar-refractivity contribution >= 4 is 17.0 Å². The molecule has 0 radical (unpaired) electrons. The average Bonchev–Trinajstić information content (AvgIpc) is 3.00. The monoisotopic (exact) mass is 346 g/mol. The summed E-state index contributed by atoms with van der Waals surface area (Å²) in [6.07, 6.45) is 1.86. The van der Waals surface area contributed by atoms with Crippen LogP contribution in [-0.4, -0.2) is 31.4 Å². The highest BCUT2D eigenvalue weighted by Gasteiger charge is 2.22. The van der Waals surface area contributed by atoms with Crippen LogP contribution in [0.2, 0.25) is 0 Å². The molecule has 1 aromatic carbocycles. The van der Waals surface area contributed by atoms with Gasteiger partial charge in [-0.2, -0.15) is 0 Å². The lowest BCUT2D eigenvalue weighted by atomic mass is 10.0. The van der Waals surface area contributed by atoms with Crippen molar-refractivity contribution in [1.29, 1.82) is 0 Å². The normalized spacial score (nSPS) is 21.7. The Balaban J connectivity index is 1.64. The molecule has 3 rings (SSSR count). The quantitative estimate of drug-likeness (QED) is 0.864. The van der Waals surface area contributed by atoms with Gasteiger partial charge in [0.2, 0.25) is 0 Å². The second-order valence-corrected chi connectivity index (χ2v) is 6.50.